The van der Waals surface area contributed by atoms with Crippen LogP contribution in [0.25, 0.3) is 0 Å². The molecule has 0 radical (unpaired) electrons. The average molecular weight is 183 g/mol. The lowest BCUT2D eigenvalue weighted by atomic mass is 10.1. The highest BCUT2D eigenvalue weighted by atomic mass is 16.5. The van der Waals surface area contributed by atoms with Crippen LogP contribution in [0.5, 0.6) is 0 Å². The molecule has 1 N–H and O–H groups in total. The Hall–Kier alpha value is -0.940. The van der Waals surface area contributed by atoms with Crippen LogP contribution >= 0.6 is 0 Å². The Kier molecular flexibility index (Phi) is 2.89. The van der Waals surface area contributed by atoms with Crippen molar-refractivity contribution < 1.29 is 9.26 Å². The molecule has 2 heterocycles. The molecule has 0 bridgehead atoms. The van der Waals surface area contributed by atoms with E-state index >= 15 is 0 Å². The summed E-state index contributed by atoms with van der Waals surface area (Å²) in [6, 6.07) is 0. The van der Waals surface area contributed by atoms with Crippen molar-refractivity contribution in [1.29, 1.82) is 0 Å². The van der Waals surface area contributed by atoms with E-state index in [2.05, 4.69) is 20.0 Å². The molecular weight excluding hydrogens is 170 g/mol. The molecule has 1 aliphatic heterocycles. The van der Waals surface area contributed by atoms with Gasteiger partial charge in [-0.2, -0.15) is 4.98 Å². The Morgan fingerprint density at radius 2 is 2.69 bits per heavy atom. The van der Waals surface area contributed by atoms with Gasteiger partial charge in [-0.25, -0.2) is 0 Å². The van der Waals surface area contributed by atoms with Gasteiger partial charge in [0.1, 0.15) is 6.61 Å². The highest BCUT2D eigenvalue weighted by molar-refractivity contribution is 4.74. The van der Waals surface area contributed by atoms with Crippen LogP contribution in [-0.4, -0.2) is 29.8 Å². The van der Waals surface area contributed by atoms with Gasteiger partial charge in [0.05, 0.1) is 6.61 Å². The summed E-state index contributed by atoms with van der Waals surface area (Å²) in [4.78, 5) is 3.86. The maximum Gasteiger partial charge on any atom is 0.213 e. The van der Waals surface area contributed by atoms with Crippen molar-refractivity contribution in [2.75, 3.05) is 19.7 Å². The molecule has 0 saturated carbocycles. The van der Waals surface area contributed by atoms with Gasteiger partial charge in [0.2, 0.25) is 6.39 Å². The topological polar surface area (TPSA) is 60.2 Å². The zero-order chi connectivity index (χ0) is 8.93. The lowest BCUT2D eigenvalue weighted by Crippen LogP contribution is -2.13. The Bertz CT molecular complexity index is 232. The highest BCUT2D eigenvalue weighted by Gasteiger charge is 2.14. The van der Waals surface area contributed by atoms with Crippen molar-refractivity contribution in [2.24, 2.45) is 5.92 Å². The van der Waals surface area contributed by atoms with Gasteiger partial charge < -0.3 is 14.6 Å². The van der Waals surface area contributed by atoms with Gasteiger partial charge in [-0.3, -0.25) is 0 Å². The van der Waals surface area contributed by atoms with Crippen LogP contribution in [0.4, 0.5) is 0 Å². The van der Waals surface area contributed by atoms with Gasteiger partial charge in [-0.15, -0.1) is 0 Å². The number of aromatic nitrogens is 2. The molecule has 1 aromatic rings. The maximum absolute atomic E-state index is 5.44. The number of rotatable bonds is 4. The SMILES string of the molecule is c1nc(COCC2CCNC2)no1. The minimum Gasteiger partial charge on any atom is -0.373 e. The molecule has 5 nitrogen and oxygen atoms in total. The Morgan fingerprint density at radius 3 is 3.38 bits per heavy atom. The van der Waals surface area contributed by atoms with E-state index in [9.17, 15) is 0 Å². The maximum atomic E-state index is 5.44. The molecule has 72 valence electrons. The van der Waals surface area contributed by atoms with Crippen LogP contribution in [0.3, 0.4) is 0 Å². The first-order valence-electron chi connectivity index (χ1n) is 4.49. The van der Waals surface area contributed by atoms with Gasteiger partial charge in [-0.1, -0.05) is 5.16 Å². The third kappa shape index (κ3) is 2.50. The summed E-state index contributed by atoms with van der Waals surface area (Å²) in [7, 11) is 0. The number of nitrogens with zero attached hydrogens (tertiary/aromatic N) is 2. The van der Waals surface area contributed by atoms with Crippen LogP contribution in [0.2, 0.25) is 0 Å². The Balaban J connectivity index is 1.63. The van der Waals surface area contributed by atoms with Crippen molar-refractivity contribution >= 4 is 0 Å². The molecule has 1 aromatic heterocycles. The molecule has 2 rings (SSSR count). The molecule has 13 heavy (non-hydrogen) atoms. The third-order valence-electron chi connectivity index (χ3n) is 2.15. The molecule has 1 fully saturated rings. The average Bonchev–Trinajstić information content (AvgIpc) is 2.75. The van der Waals surface area contributed by atoms with Gasteiger partial charge in [0.25, 0.3) is 0 Å². The minimum atomic E-state index is 0.451. The van der Waals surface area contributed by atoms with E-state index in [-0.39, 0.29) is 0 Å². The van der Waals surface area contributed by atoms with E-state index in [1.54, 1.807) is 0 Å². The van der Waals surface area contributed by atoms with E-state index in [4.69, 9.17) is 4.74 Å². The molecule has 1 unspecified atom stereocenters. The zero-order valence-corrected chi connectivity index (χ0v) is 7.40. The smallest absolute Gasteiger partial charge is 0.213 e. The summed E-state index contributed by atoms with van der Waals surface area (Å²) < 4.78 is 10.0. The first-order chi connectivity index (χ1) is 6.45. The number of nitrogens with one attached hydrogen (secondary N) is 1. The Labute approximate surface area is 76.5 Å². The highest BCUT2D eigenvalue weighted by Crippen LogP contribution is 2.08. The first-order valence-corrected chi connectivity index (χ1v) is 4.49. The van der Waals surface area contributed by atoms with E-state index in [1.807, 2.05) is 0 Å². The summed E-state index contributed by atoms with van der Waals surface area (Å²) in [5.74, 6) is 1.26. The second kappa shape index (κ2) is 4.34. The number of hydrogen-bond donors (Lipinski definition) is 1. The van der Waals surface area contributed by atoms with Crippen LogP contribution in [-0.2, 0) is 11.3 Å². The van der Waals surface area contributed by atoms with Crippen LogP contribution in [0, 0.1) is 5.92 Å². The quantitative estimate of drug-likeness (QED) is 0.722. The van der Waals surface area contributed by atoms with Crippen molar-refractivity contribution in [3.63, 3.8) is 0 Å². The summed E-state index contributed by atoms with van der Waals surface area (Å²) in [5, 5.41) is 6.94. The fraction of sp³-hybridized carbons (Fsp3) is 0.750. The predicted molar refractivity (Wildman–Crippen MR) is 44.9 cm³/mol. The molecule has 0 aliphatic carbocycles. The molecule has 0 spiro atoms. The van der Waals surface area contributed by atoms with Crippen molar-refractivity contribution in [3.8, 4) is 0 Å². The number of ether oxygens (including phenoxy) is 1. The standard InChI is InChI=1S/C8H13N3O2/c1-2-9-3-7(1)4-12-5-8-10-6-13-11-8/h6-7,9H,1-5H2. The third-order valence-corrected chi connectivity index (χ3v) is 2.15. The Morgan fingerprint density at radius 1 is 1.69 bits per heavy atom. The first kappa shape index (κ1) is 8.65. The summed E-state index contributed by atoms with van der Waals surface area (Å²) in [6.45, 7) is 3.40. The second-order valence-electron chi connectivity index (χ2n) is 3.22. The molecule has 0 aromatic carbocycles. The number of hydrogen-bond acceptors (Lipinski definition) is 5. The minimum absolute atomic E-state index is 0.451. The van der Waals surface area contributed by atoms with E-state index < -0.39 is 0 Å². The zero-order valence-electron chi connectivity index (χ0n) is 7.40. The van der Waals surface area contributed by atoms with E-state index in [0.29, 0.717) is 18.3 Å². The second-order valence-corrected chi connectivity index (χ2v) is 3.22. The fourth-order valence-corrected chi connectivity index (χ4v) is 1.43. The van der Waals surface area contributed by atoms with Gasteiger partial charge in [-0.05, 0) is 18.9 Å². The summed E-state index contributed by atoms with van der Waals surface area (Å²) in [6.07, 6.45) is 2.52. The van der Waals surface area contributed by atoms with E-state index in [1.165, 1.54) is 12.8 Å². The summed E-state index contributed by atoms with van der Waals surface area (Å²) in [5.41, 5.74) is 0. The summed E-state index contributed by atoms with van der Waals surface area (Å²) >= 11 is 0. The van der Waals surface area contributed by atoms with Crippen LogP contribution < -0.4 is 5.32 Å². The van der Waals surface area contributed by atoms with Crippen LogP contribution in [0.15, 0.2) is 10.9 Å². The van der Waals surface area contributed by atoms with Crippen LogP contribution in [0.1, 0.15) is 12.2 Å². The van der Waals surface area contributed by atoms with E-state index in [0.717, 1.165) is 19.7 Å². The molecular formula is C8H13N3O2. The largest absolute Gasteiger partial charge is 0.373 e. The molecule has 0 amide bonds. The molecule has 5 heteroatoms. The normalized spacial score (nSPS) is 22.3. The lowest BCUT2D eigenvalue weighted by molar-refractivity contribution is 0.0864. The van der Waals surface area contributed by atoms with Crippen molar-refractivity contribution in [2.45, 2.75) is 13.0 Å². The van der Waals surface area contributed by atoms with Crippen molar-refractivity contribution in [1.82, 2.24) is 15.5 Å². The molecule has 1 saturated heterocycles. The van der Waals surface area contributed by atoms with Gasteiger partial charge in [0.15, 0.2) is 5.82 Å². The molecule has 1 atom stereocenters. The monoisotopic (exact) mass is 183 g/mol. The van der Waals surface area contributed by atoms with Gasteiger partial charge >= 0.3 is 0 Å². The van der Waals surface area contributed by atoms with Crippen molar-refractivity contribution in [3.05, 3.63) is 12.2 Å². The lowest BCUT2D eigenvalue weighted by Gasteiger charge is -2.06. The van der Waals surface area contributed by atoms with Gasteiger partial charge in [0, 0.05) is 6.54 Å². The fourth-order valence-electron chi connectivity index (χ4n) is 1.43. The molecule has 1 aliphatic rings. The predicted octanol–water partition coefficient (Wildman–Crippen LogP) is 0.196.